The first-order valence-corrected chi connectivity index (χ1v) is 11.6. The van der Waals surface area contributed by atoms with Gasteiger partial charge in [0.2, 0.25) is 11.8 Å². The molecule has 0 aliphatic rings. The van der Waals surface area contributed by atoms with Crippen molar-refractivity contribution in [3.8, 4) is 0 Å². The van der Waals surface area contributed by atoms with E-state index in [1.165, 1.54) is 16.3 Å². The molecule has 32 heavy (non-hydrogen) atoms. The molecular formula is C28H34N2O2. The van der Waals surface area contributed by atoms with Gasteiger partial charge in [-0.1, -0.05) is 86.1 Å². The first-order chi connectivity index (χ1) is 15.5. The molecule has 0 fully saturated rings. The van der Waals surface area contributed by atoms with Crippen LogP contribution in [0.25, 0.3) is 10.8 Å². The van der Waals surface area contributed by atoms with Crippen molar-refractivity contribution in [1.82, 2.24) is 10.2 Å². The maximum absolute atomic E-state index is 13.4. The lowest BCUT2D eigenvalue weighted by Crippen LogP contribution is -2.49. The van der Waals surface area contributed by atoms with Gasteiger partial charge in [0, 0.05) is 19.5 Å². The van der Waals surface area contributed by atoms with Crippen LogP contribution in [-0.2, 0) is 22.6 Å². The molecule has 0 radical (unpaired) electrons. The van der Waals surface area contributed by atoms with Gasteiger partial charge in [-0.2, -0.15) is 0 Å². The molecule has 3 rings (SSSR count). The minimum Gasteiger partial charge on any atom is -0.354 e. The average molecular weight is 431 g/mol. The fourth-order valence-electron chi connectivity index (χ4n) is 4.07. The number of nitrogens with one attached hydrogen (secondary N) is 1. The van der Waals surface area contributed by atoms with E-state index in [2.05, 4.69) is 29.6 Å². The van der Waals surface area contributed by atoms with Crippen LogP contribution in [0.5, 0.6) is 0 Å². The lowest BCUT2D eigenvalue weighted by molar-refractivity contribution is -0.141. The molecule has 168 valence electrons. The van der Waals surface area contributed by atoms with Crippen molar-refractivity contribution < 1.29 is 9.59 Å². The summed E-state index contributed by atoms with van der Waals surface area (Å²) in [6, 6.07) is 22.2. The van der Waals surface area contributed by atoms with E-state index in [9.17, 15) is 9.59 Å². The van der Waals surface area contributed by atoms with E-state index in [4.69, 9.17) is 0 Å². The van der Waals surface area contributed by atoms with E-state index in [-0.39, 0.29) is 11.8 Å². The van der Waals surface area contributed by atoms with Gasteiger partial charge in [-0.15, -0.1) is 0 Å². The third-order valence-corrected chi connectivity index (χ3v) is 5.90. The summed E-state index contributed by atoms with van der Waals surface area (Å²) in [5.74, 6) is -0.0584. The standard InChI is InChI=1S/C28H34N2O2/c1-4-19-29-28(32)26(5-2)30(20-22-15-13-21(3)14-16-22)27(31)18-17-24-11-8-10-23-9-6-7-12-25(23)24/h6-16,26H,4-5,17-20H2,1-3H3,(H,29,32)/t26-/m0/s1. The Kier molecular flexibility index (Phi) is 8.43. The van der Waals surface area contributed by atoms with Gasteiger partial charge < -0.3 is 10.2 Å². The van der Waals surface area contributed by atoms with E-state index >= 15 is 0 Å². The number of benzene rings is 3. The second-order valence-corrected chi connectivity index (χ2v) is 8.36. The molecule has 0 saturated carbocycles. The Morgan fingerprint density at radius 3 is 2.38 bits per heavy atom. The summed E-state index contributed by atoms with van der Waals surface area (Å²) >= 11 is 0. The molecule has 1 atom stereocenters. The van der Waals surface area contributed by atoms with Gasteiger partial charge in [-0.25, -0.2) is 0 Å². The van der Waals surface area contributed by atoms with E-state index in [0.717, 1.165) is 17.5 Å². The van der Waals surface area contributed by atoms with Gasteiger partial charge in [0.15, 0.2) is 0 Å². The van der Waals surface area contributed by atoms with Crippen LogP contribution in [0.3, 0.4) is 0 Å². The topological polar surface area (TPSA) is 49.4 Å². The largest absolute Gasteiger partial charge is 0.354 e. The number of hydrogen-bond donors (Lipinski definition) is 1. The monoisotopic (exact) mass is 430 g/mol. The Hall–Kier alpha value is -3.14. The van der Waals surface area contributed by atoms with Crippen molar-refractivity contribution >= 4 is 22.6 Å². The summed E-state index contributed by atoms with van der Waals surface area (Å²) < 4.78 is 0. The summed E-state index contributed by atoms with van der Waals surface area (Å²) in [6.07, 6.45) is 2.48. The molecule has 0 heterocycles. The molecule has 3 aromatic carbocycles. The summed E-state index contributed by atoms with van der Waals surface area (Å²) in [4.78, 5) is 28.1. The fraction of sp³-hybridized carbons (Fsp3) is 0.357. The highest BCUT2D eigenvalue weighted by atomic mass is 16.2. The maximum atomic E-state index is 13.4. The Morgan fingerprint density at radius 2 is 1.66 bits per heavy atom. The molecule has 0 aliphatic carbocycles. The molecule has 3 aromatic rings. The summed E-state index contributed by atoms with van der Waals surface area (Å²) in [7, 11) is 0. The molecule has 0 saturated heterocycles. The van der Waals surface area contributed by atoms with Crippen molar-refractivity contribution in [3.05, 3.63) is 83.4 Å². The van der Waals surface area contributed by atoms with Gasteiger partial charge in [0.1, 0.15) is 6.04 Å². The molecule has 1 N–H and O–H groups in total. The second-order valence-electron chi connectivity index (χ2n) is 8.36. The zero-order valence-corrected chi connectivity index (χ0v) is 19.4. The van der Waals surface area contributed by atoms with Crippen molar-refractivity contribution in [1.29, 1.82) is 0 Å². The quantitative estimate of drug-likeness (QED) is 0.467. The highest BCUT2D eigenvalue weighted by Crippen LogP contribution is 2.21. The predicted molar refractivity (Wildman–Crippen MR) is 131 cm³/mol. The number of aryl methyl sites for hydroxylation is 2. The zero-order valence-electron chi connectivity index (χ0n) is 19.4. The molecule has 0 aromatic heterocycles. The van der Waals surface area contributed by atoms with Crippen LogP contribution in [0.2, 0.25) is 0 Å². The first-order valence-electron chi connectivity index (χ1n) is 11.6. The van der Waals surface area contributed by atoms with Crippen LogP contribution < -0.4 is 5.32 Å². The first kappa shape index (κ1) is 23.5. The smallest absolute Gasteiger partial charge is 0.242 e. The van der Waals surface area contributed by atoms with Gasteiger partial charge >= 0.3 is 0 Å². The molecule has 4 nitrogen and oxygen atoms in total. The summed E-state index contributed by atoms with van der Waals surface area (Å²) in [5.41, 5.74) is 3.38. The number of fused-ring (bicyclic) bond motifs is 1. The van der Waals surface area contributed by atoms with Crippen LogP contribution in [0.1, 0.15) is 49.8 Å². The van der Waals surface area contributed by atoms with E-state index in [1.54, 1.807) is 4.90 Å². The molecule has 0 unspecified atom stereocenters. The van der Waals surface area contributed by atoms with Gasteiger partial charge in [0.25, 0.3) is 0 Å². The number of carbonyl (C=O) groups is 2. The second kappa shape index (κ2) is 11.5. The number of rotatable bonds is 10. The third-order valence-electron chi connectivity index (χ3n) is 5.90. The fourth-order valence-corrected chi connectivity index (χ4v) is 4.07. The van der Waals surface area contributed by atoms with Crippen LogP contribution in [0, 0.1) is 6.92 Å². The Morgan fingerprint density at radius 1 is 0.938 bits per heavy atom. The van der Waals surface area contributed by atoms with E-state index < -0.39 is 6.04 Å². The van der Waals surface area contributed by atoms with Gasteiger partial charge in [0.05, 0.1) is 0 Å². The van der Waals surface area contributed by atoms with E-state index in [0.29, 0.717) is 32.4 Å². The molecule has 0 spiro atoms. The zero-order chi connectivity index (χ0) is 22.9. The van der Waals surface area contributed by atoms with Crippen LogP contribution >= 0.6 is 0 Å². The molecular weight excluding hydrogens is 396 g/mol. The average Bonchev–Trinajstić information content (AvgIpc) is 2.82. The molecule has 4 heteroatoms. The number of amides is 2. The predicted octanol–water partition coefficient (Wildman–Crippen LogP) is 5.41. The maximum Gasteiger partial charge on any atom is 0.242 e. The van der Waals surface area contributed by atoms with Crippen LogP contribution in [-0.4, -0.2) is 29.3 Å². The normalized spacial score (nSPS) is 11.8. The highest BCUT2D eigenvalue weighted by molar-refractivity contribution is 5.89. The Balaban J connectivity index is 1.81. The highest BCUT2D eigenvalue weighted by Gasteiger charge is 2.28. The summed E-state index contributed by atoms with van der Waals surface area (Å²) in [5, 5.41) is 5.34. The van der Waals surface area contributed by atoms with Gasteiger partial charge in [-0.05, 0) is 48.1 Å². The van der Waals surface area contributed by atoms with E-state index in [1.807, 2.05) is 63.2 Å². The molecule has 0 aliphatic heterocycles. The molecule has 2 amide bonds. The lowest BCUT2D eigenvalue weighted by Gasteiger charge is -2.31. The lowest BCUT2D eigenvalue weighted by atomic mass is 10.00. The Labute approximate surface area is 191 Å². The number of carbonyl (C=O) groups excluding carboxylic acids is 2. The van der Waals surface area contributed by atoms with Crippen LogP contribution in [0.4, 0.5) is 0 Å². The SMILES string of the molecule is CCCNC(=O)[C@H](CC)N(Cc1ccc(C)cc1)C(=O)CCc1cccc2ccccc12. The van der Waals surface area contributed by atoms with Crippen molar-refractivity contribution in [2.45, 2.75) is 59.0 Å². The van der Waals surface area contributed by atoms with Crippen molar-refractivity contribution in [2.24, 2.45) is 0 Å². The van der Waals surface area contributed by atoms with Crippen LogP contribution in [0.15, 0.2) is 66.7 Å². The summed E-state index contributed by atoms with van der Waals surface area (Å²) in [6.45, 7) is 7.10. The minimum atomic E-state index is -0.470. The van der Waals surface area contributed by atoms with Crippen molar-refractivity contribution in [2.75, 3.05) is 6.54 Å². The minimum absolute atomic E-state index is 0.0111. The van der Waals surface area contributed by atoms with Gasteiger partial charge in [-0.3, -0.25) is 9.59 Å². The third kappa shape index (κ3) is 5.97. The number of hydrogen-bond acceptors (Lipinski definition) is 2. The Bertz CT molecular complexity index is 1040. The number of nitrogens with zero attached hydrogens (tertiary/aromatic N) is 1. The molecule has 0 bridgehead atoms. The van der Waals surface area contributed by atoms with Crippen molar-refractivity contribution in [3.63, 3.8) is 0 Å².